The van der Waals surface area contributed by atoms with E-state index in [0.29, 0.717) is 18.1 Å². The zero-order valence-electron chi connectivity index (χ0n) is 12.4. The predicted octanol–water partition coefficient (Wildman–Crippen LogP) is 1.92. The van der Waals surface area contributed by atoms with Gasteiger partial charge in [0.25, 0.3) is 0 Å². The van der Waals surface area contributed by atoms with Gasteiger partial charge in [0.2, 0.25) is 5.91 Å². The molecule has 5 nitrogen and oxygen atoms in total. The molecule has 1 heterocycles. The number of halogens is 1. The van der Waals surface area contributed by atoms with Gasteiger partial charge in [0.1, 0.15) is 5.15 Å². The van der Waals surface area contributed by atoms with Gasteiger partial charge in [0.05, 0.1) is 5.69 Å². The maximum absolute atomic E-state index is 11.8. The second-order valence-corrected chi connectivity index (χ2v) is 5.96. The minimum absolute atomic E-state index is 0.114. The Labute approximate surface area is 124 Å². The first-order valence-corrected chi connectivity index (χ1v) is 6.90. The van der Waals surface area contributed by atoms with Crippen molar-refractivity contribution in [2.75, 3.05) is 13.2 Å². The number of carbonyl (C=O) groups excluding carboxylic acids is 1. The number of aryl methyl sites for hydroxylation is 2. The molecule has 6 heteroatoms. The van der Waals surface area contributed by atoms with Gasteiger partial charge in [-0.05, 0) is 24.8 Å². The highest BCUT2D eigenvalue weighted by Gasteiger charge is 2.17. The number of hydrogen-bond donors (Lipinski definition) is 2. The molecule has 0 spiro atoms. The van der Waals surface area contributed by atoms with Crippen LogP contribution in [0.1, 0.15) is 31.5 Å². The fourth-order valence-electron chi connectivity index (χ4n) is 1.77. The van der Waals surface area contributed by atoms with Gasteiger partial charge in [-0.3, -0.25) is 9.48 Å². The van der Waals surface area contributed by atoms with Gasteiger partial charge in [-0.25, -0.2) is 0 Å². The van der Waals surface area contributed by atoms with E-state index >= 15 is 0 Å². The molecule has 0 aromatic carbocycles. The molecule has 112 valence electrons. The van der Waals surface area contributed by atoms with Crippen LogP contribution in [0, 0.1) is 12.3 Å². The van der Waals surface area contributed by atoms with Crippen LogP contribution in [0.2, 0.25) is 5.15 Å². The first-order chi connectivity index (χ1) is 9.26. The molecule has 0 fully saturated rings. The molecule has 0 saturated carbocycles. The van der Waals surface area contributed by atoms with E-state index in [9.17, 15) is 4.79 Å². The van der Waals surface area contributed by atoms with Crippen LogP contribution in [0.15, 0.2) is 6.08 Å². The van der Waals surface area contributed by atoms with Crippen molar-refractivity contribution < 1.29 is 9.90 Å². The number of aliphatic hydroxyl groups is 1. The zero-order valence-corrected chi connectivity index (χ0v) is 13.2. The molecule has 1 aromatic rings. The second-order valence-electron chi connectivity index (χ2n) is 5.60. The average Bonchev–Trinajstić information content (AvgIpc) is 2.59. The molecule has 0 aliphatic heterocycles. The normalized spacial score (nSPS) is 12.1. The van der Waals surface area contributed by atoms with Crippen LogP contribution in [0.5, 0.6) is 0 Å². The molecule has 20 heavy (non-hydrogen) atoms. The van der Waals surface area contributed by atoms with Gasteiger partial charge in [-0.1, -0.05) is 25.4 Å². The predicted molar refractivity (Wildman–Crippen MR) is 80.5 cm³/mol. The van der Waals surface area contributed by atoms with Crippen LogP contribution in [-0.4, -0.2) is 33.9 Å². The Balaban J connectivity index is 2.60. The lowest BCUT2D eigenvalue weighted by Crippen LogP contribution is -2.33. The van der Waals surface area contributed by atoms with Gasteiger partial charge in [0, 0.05) is 31.8 Å². The fourth-order valence-corrected chi connectivity index (χ4v) is 2.01. The average molecular weight is 300 g/mol. The quantitative estimate of drug-likeness (QED) is 0.789. The van der Waals surface area contributed by atoms with Crippen molar-refractivity contribution in [1.82, 2.24) is 15.1 Å². The molecule has 1 aromatic heterocycles. The molecule has 2 N–H and O–H groups in total. The Kier molecular flexibility index (Phi) is 5.77. The molecule has 0 radical (unpaired) electrons. The van der Waals surface area contributed by atoms with E-state index in [0.717, 1.165) is 11.3 Å². The summed E-state index contributed by atoms with van der Waals surface area (Å²) in [7, 11) is 1.75. The number of aromatic nitrogens is 2. The number of amides is 1. The molecule has 1 rings (SSSR count). The monoisotopic (exact) mass is 299 g/mol. The van der Waals surface area contributed by atoms with Crippen molar-refractivity contribution in [2.24, 2.45) is 12.5 Å². The van der Waals surface area contributed by atoms with Crippen molar-refractivity contribution in [3.63, 3.8) is 0 Å². The van der Waals surface area contributed by atoms with Gasteiger partial charge >= 0.3 is 0 Å². The minimum Gasteiger partial charge on any atom is -0.396 e. The Hall–Kier alpha value is -1.33. The molecule has 0 aliphatic carbocycles. The van der Waals surface area contributed by atoms with E-state index in [1.165, 1.54) is 6.08 Å². The summed E-state index contributed by atoms with van der Waals surface area (Å²) in [5.74, 6) is -0.185. The van der Waals surface area contributed by atoms with Crippen molar-refractivity contribution in [1.29, 1.82) is 0 Å². The van der Waals surface area contributed by atoms with Crippen LogP contribution in [0.3, 0.4) is 0 Å². The first kappa shape index (κ1) is 16.7. The summed E-state index contributed by atoms with van der Waals surface area (Å²) in [5.41, 5.74) is 1.40. The van der Waals surface area contributed by atoms with E-state index < -0.39 is 0 Å². The van der Waals surface area contributed by atoms with Gasteiger partial charge < -0.3 is 10.4 Å². The van der Waals surface area contributed by atoms with Crippen molar-refractivity contribution in [2.45, 2.75) is 27.2 Å². The molecule has 0 aliphatic rings. The molecule has 0 atom stereocenters. The maximum atomic E-state index is 11.8. The highest BCUT2D eigenvalue weighted by atomic mass is 35.5. The van der Waals surface area contributed by atoms with E-state index in [-0.39, 0.29) is 17.9 Å². The second kappa shape index (κ2) is 6.90. The lowest BCUT2D eigenvalue weighted by molar-refractivity contribution is -0.116. The summed E-state index contributed by atoms with van der Waals surface area (Å²) in [4.78, 5) is 11.8. The topological polar surface area (TPSA) is 67.2 Å². The Morgan fingerprint density at radius 2 is 2.20 bits per heavy atom. The minimum atomic E-state index is -0.185. The highest BCUT2D eigenvalue weighted by Crippen LogP contribution is 2.20. The summed E-state index contributed by atoms with van der Waals surface area (Å²) in [5, 5.41) is 16.4. The molecule has 0 bridgehead atoms. The van der Waals surface area contributed by atoms with E-state index in [4.69, 9.17) is 16.7 Å². The molecule has 0 unspecified atom stereocenters. The SMILES string of the molecule is Cc1nn(C)c(Cl)c1/C=C/C(=O)NCC(C)(C)CCO. The van der Waals surface area contributed by atoms with Gasteiger partial charge in [-0.15, -0.1) is 0 Å². The van der Waals surface area contributed by atoms with Crippen molar-refractivity contribution >= 4 is 23.6 Å². The van der Waals surface area contributed by atoms with Crippen LogP contribution in [0.4, 0.5) is 0 Å². The Morgan fingerprint density at radius 1 is 1.55 bits per heavy atom. The first-order valence-electron chi connectivity index (χ1n) is 6.53. The van der Waals surface area contributed by atoms with Crippen LogP contribution >= 0.6 is 11.6 Å². The van der Waals surface area contributed by atoms with Gasteiger partial charge in [-0.2, -0.15) is 5.10 Å². The fraction of sp³-hybridized carbons (Fsp3) is 0.571. The van der Waals surface area contributed by atoms with E-state index in [2.05, 4.69) is 10.4 Å². The number of nitrogens with one attached hydrogen (secondary N) is 1. The van der Waals surface area contributed by atoms with E-state index in [1.807, 2.05) is 20.8 Å². The number of nitrogens with zero attached hydrogens (tertiary/aromatic N) is 2. The number of aliphatic hydroxyl groups excluding tert-OH is 1. The number of hydrogen-bond acceptors (Lipinski definition) is 3. The summed E-state index contributed by atoms with van der Waals surface area (Å²) in [6.07, 6.45) is 3.76. The highest BCUT2D eigenvalue weighted by molar-refractivity contribution is 6.31. The van der Waals surface area contributed by atoms with Crippen LogP contribution in [0.25, 0.3) is 6.08 Å². The van der Waals surface area contributed by atoms with Crippen LogP contribution < -0.4 is 5.32 Å². The Bertz CT molecular complexity index is 507. The van der Waals surface area contributed by atoms with Crippen molar-refractivity contribution in [3.8, 4) is 0 Å². The lowest BCUT2D eigenvalue weighted by atomic mass is 9.90. The van der Waals surface area contributed by atoms with Gasteiger partial charge in [0.15, 0.2) is 0 Å². The number of carbonyl (C=O) groups is 1. The zero-order chi connectivity index (χ0) is 15.3. The third-order valence-electron chi connectivity index (χ3n) is 3.13. The van der Waals surface area contributed by atoms with Crippen molar-refractivity contribution in [3.05, 3.63) is 22.5 Å². The maximum Gasteiger partial charge on any atom is 0.244 e. The van der Waals surface area contributed by atoms with Crippen LogP contribution in [-0.2, 0) is 11.8 Å². The molecular formula is C14H22ClN3O2. The lowest BCUT2D eigenvalue weighted by Gasteiger charge is -2.23. The molecule has 0 saturated heterocycles. The van der Waals surface area contributed by atoms with E-state index in [1.54, 1.807) is 17.8 Å². The molecule has 1 amide bonds. The third-order valence-corrected chi connectivity index (χ3v) is 3.58. The summed E-state index contributed by atoms with van der Waals surface area (Å²) >= 11 is 6.08. The summed E-state index contributed by atoms with van der Waals surface area (Å²) in [6.45, 7) is 6.46. The standard InChI is InChI=1S/C14H22ClN3O2/c1-10-11(13(15)18(4)17-10)5-6-12(20)16-9-14(2,3)7-8-19/h5-6,19H,7-9H2,1-4H3,(H,16,20)/b6-5+. The smallest absolute Gasteiger partial charge is 0.244 e. The Morgan fingerprint density at radius 3 is 2.70 bits per heavy atom. The molecular weight excluding hydrogens is 278 g/mol. The third kappa shape index (κ3) is 4.65. The summed E-state index contributed by atoms with van der Waals surface area (Å²) < 4.78 is 1.57. The summed E-state index contributed by atoms with van der Waals surface area (Å²) in [6, 6.07) is 0. The largest absolute Gasteiger partial charge is 0.396 e. The number of rotatable bonds is 6.